The topological polar surface area (TPSA) is 73.0 Å². The van der Waals surface area contributed by atoms with E-state index in [-0.39, 0.29) is 30.2 Å². The van der Waals surface area contributed by atoms with Crippen molar-refractivity contribution in [2.45, 2.75) is 57.0 Å². The second-order valence-electron chi connectivity index (χ2n) is 10.2. The lowest BCUT2D eigenvalue weighted by molar-refractivity contribution is -0.144. The highest BCUT2D eigenvalue weighted by molar-refractivity contribution is 5.79. The van der Waals surface area contributed by atoms with E-state index < -0.39 is 0 Å². The molecule has 0 saturated carbocycles. The van der Waals surface area contributed by atoms with Crippen molar-refractivity contribution < 1.29 is 18.8 Å². The molecule has 1 N–H and O–H groups in total. The molecule has 4 aliphatic heterocycles. The number of urea groups is 1. The van der Waals surface area contributed by atoms with Gasteiger partial charge in [-0.05, 0) is 61.6 Å². The minimum absolute atomic E-state index is 0.0395. The van der Waals surface area contributed by atoms with E-state index in [1.165, 1.54) is 12.1 Å². The van der Waals surface area contributed by atoms with E-state index in [4.69, 9.17) is 0 Å². The Kier molecular flexibility index (Phi) is 6.25. The van der Waals surface area contributed by atoms with E-state index in [2.05, 4.69) is 10.2 Å². The Labute approximate surface area is 194 Å². The lowest BCUT2D eigenvalue weighted by Gasteiger charge is -2.53. The Morgan fingerprint density at radius 2 is 1.88 bits per heavy atom. The van der Waals surface area contributed by atoms with Crippen molar-refractivity contribution in [2.75, 3.05) is 32.7 Å². The highest BCUT2D eigenvalue weighted by atomic mass is 19.1. The highest BCUT2D eigenvalue weighted by Gasteiger charge is 2.45. The van der Waals surface area contributed by atoms with E-state index in [1.807, 2.05) is 9.80 Å². The Balaban J connectivity index is 1.11. The van der Waals surface area contributed by atoms with Crippen LogP contribution in [0.5, 0.6) is 0 Å². The van der Waals surface area contributed by atoms with Gasteiger partial charge in [0.2, 0.25) is 11.8 Å². The maximum atomic E-state index is 13.3. The monoisotopic (exact) mass is 456 g/mol. The summed E-state index contributed by atoms with van der Waals surface area (Å²) in [5.41, 5.74) is 0.661. The first-order chi connectivity index (χ1) is 16.0. The van der Waals surface area contributed by atoms with Gasteiger partial charge in [0.1, 0.15) is 5.82 Å². The van der Waals surface area contributed by atoms with Crippen molar-refractivity contribution in [2.24, 2.45) is 11.8 Å². The minimum atomic E-state index is -0.336. The zero-order chi connectivity index (χ0) is 22.9. The third-order valence-corrected chi connectivity index (χ3v) is 7.83. The van der Waals surface area contributed by atoms with Crippen LogP contribution in [0.2, 0.25) is 0 Å². The van der Waals surface area contributed by atoms with Gasteiger partial charge in [-0.3, -0.25) is 9.59 Å². The number of nitrogens with zero attached hydrogens (tertiary/aromatic N) is 3. The van der Waals surface area contributed by atoms with Crippen LogP contribution < -0.4 is 5.32 Å². The summed E-state index contributed by atoms with van der Waals surface area (Å²) in [4.78, 5) is 44.0. The number of benzene rings is 1. The molecule has 0 radical (unpaired) electrons. The molecule has 0 unspecified atom stereocenters. The number of piperidine rings is 4. The van der Waals surface area contributed by atoms with Gasteiger partial charge in [0, 0.05) is 51.2 Å². The van der Waals surface area contributed by atoms with Crippen LogP contribution in [0, 0.1) is 17.7 Å². The van der Waals surface area contributed by atoms with Crippen LogP contribution in [-0.4, -0.2) is 77.4 Å². The lowest BCUT2D eigenvalue weighted by atomic mass is 9.76. The molecule has 2 bridgehead atoms. The molecule has 4 amide bonds. The molecule has 0 aliphatic carbocycles. The molecule has 1 aromatic carbocycles. The number of amides is 4. The molecule has 3 atom stereocenters. The summed E-state index contributed by atoms with van der Waals surface area (Å²) in [6.07, 6.45) is 5.44. The number of carbonyl (C=O) groups excluding carboxylic acids is 3. The summed E-state index contributed by atoms with van der Waals surface area (Å²) in [6.45, 7) is 3.53. The van der Waals surface area contributed by atoms with E-state index in [0.29, 0.717) is 48.9 Å². The molecule has 8 heteroatoms. The number of fused-ring (bicyclic) bond motifs is 4. The van der Waals surface area contributed by atoms with E-state index in [9.17, 15) is 18.8 Å². The fourth-order valence-electron chi connectivity index (χ4n) is 6.29. The van der Waals surface area contributed by atoms with E-state index in [1.54, 1.807) is 12.1 Å². The molecule has 33 heavy (non-hydrogen) atoms. The number of carbonyl (C=O) groups is 3. The number of rotatable bonds is 3. The minimum Gasteiger partial charge on any atom is -0.353 e. The molecule has 0 aromatic heterocycles. The number of likely N-dealkylation sites (tertiary alicyclic amines) is 2. The lowest BCUT2D eigenvalue weighted by Crippen LogP contribution is -2.62. The first-order valence-corrected chi connectivity index (χ1v) is 12.3. The molecule has 0 spiro atoms. The number of nitrogens with one attached hydrogen (secondary N) is 1. The smallest absolute Gasteiger partial charge is 0.320 e. The number of halogens is 1. The average Bonchev–Trinajstić information content (AvgIpc) is 2.80. The van der Waals surface area contributed by atoms with Gasteiger partial charge in [-0.25, -0.2) is 9.18 Å². The van der Waals surface area contributed by atoms with Crippen molar-refractivity contribution in [3.8, 4) is 0 Å². The van der Waals surface area contributed by atoms with Gasteiger partial charge in [-0.1, -0.05) is 12.1 Å². The molecule has 4 aliphatic rings. The molecule has 1 aromatic rings. The zero-order valence-electron chi connectivity index (χ0n) is 19.0. The maximum Gasteiger partial charge on any atom is 0.320 e. The molecular formula is C25H33FN4O3. The summed E-state index contributed by atoms with van der Waals surface area (Å²) < 4.78 is 13.3. The van der Waals surface area contributed by atoms with Crippen LogP contribution in [0.4, 0.5) is 9.18 Å². The summed E-state index contributed by atoms with van der Waals surface area (Å²) in [5.74, 6) is 0.621. The van der Waals surface area contributed by atoms with Crippen molar-refractivity contribution in [1.29, 1.82) is 0 Å². The second-order valence-corrected chi connectivity index (χ2v) is 10.2. The van der Waals surface area contributed by atoms with Crippen molar-refractivity contribution in [3.63, 3.8) is 0 Å². The van der Waals surface area contributed by atoms with E-state index >= 15 is 0 Å². The molecule has 4 heterocycles. The van der Waals surface area contributed by atoms with Gasteiger partial charge in [0.15, 0.2) is 0 Å². The SMILES string of the molecule is O=C(Cc1cccc(F)c1)NC1CCN(C(=O)N2C[C@H]3C[C@H](C2)[C@H]2CCCC(=O)N2C3)CC1. The van der Waals surface area contributed by atoms with Crippen LogP contribution in [0.15, 0.2) is 24.3 Å². The Morgan fingerprint density at radius 3 is 2.67 bits per heavy atom. The Bertz CT molecular complexity index is 917. The molecule has 178 valence electrons. The standard InChI is InChI=1S/C25H33FN4O3/c26-20-4-1-3-17(12-20)13-23(31)27-21-7-9-28(10-8-21)25(33)29-14-18-11-19(16-29)22-5-2-6-24(32)30(22)15-18/h1,3-4,12,18-19,21-22H,2,5-11,13-16H2,(H,27,31)/t18-,19-,22-/m1/s1. The van der Waals surface area contributed by atoms with Crippen molar-refractivity contribution in [1.82, 2.24) is 20.0 Å². The summed E-state index contributed by atoms with van der Waals surface area (Å²) in [7, 11) is 0. The number of hydrogen-bond donors (Lipinski definition) is 1. The summed E-state index contributed by atoms with van der Waals surface area (Å²) in [5, 5.41) is 3.04. The summed E-state index contributed by atoms with van der Waals surface area (Å²) >= 11 is 0. The average molecular weight is 457 g/mol. The van der Waals surface area contributed by atoms with Crippen molar-refractivity contribution >= 4 is 17.8 Å². The van der Waals surface area contributed by atoms with Crippen molar-refractivity contribution in [3.05, 3.63) is 35.6 Å². The van der Waals surface area contributed by atoms with Gasteiger partial charge in [-0.2, -0.15) is 0 Å². The number of hydrogen-bond acceptors (Lipinski definition) is 3. The molecule has 4 saturated heterocycles. The first kappa shape index (κ1) is 22.2. The van der Waals surface area contributed by atoms with Crippen LogP contribution in [0.1, 0.15) is 44.1 Å². The Hall–Kier alpha value is -2.64. The van der Waals surface area contributed by atoms with Gasteiger partial charge >= 0.3 is 6.03 Å². The zero-order valence-corrected chi connectivity index (χ0v) is 19.0. The molecular weight excluding hydrogens is 423 g/mol. The van der Waals surface area contributed by atoms with Gasteiger partial charge < -0.3 is 20.0 Å². The van der Waals surface area contributed by atoms with Crippen LogP contribution >= 0.6 is 0 Å². The van der Waals surface area contributed by atoms with Crippen LogP contribution in [0.25, 0.3) is 0 Å². The normalized spacial score (nSPS) is 27.8. The Morgan fingerprint density at radius 1 is 1.06 bits per heavy atom. The largest absolute Gasteiger partial charge is 0.353 e. The molecule has 4 fully saturated rings. The van der Waals surface area contributed by atoms with Gasteiger partial charge in [0.25, 0.3) is 0 Å². The fraction of sp³-hybridized carbons (Fsp3) is 0.640. The third kappa shape index (κ3) is 4.84. The van der Waals surface area contributed by atoms with Crippen LogP contribution in [0.3, 0.4) is 0 Å². The maximum absolute atomic E-state index is 13.3. The predicted octanol–water partition coefficient (Wildman–Crippen LogP) is 2.40. The molecule has 5 rings (SSSR count). The van der Waals surface area contributed by atoms with Crippen LogP contribution in [-0.2, 0) is 16.0 Å². The summed E-state index contributed by atoms with van der Waals surface area (Å²) in [6, 6.07) is 6.56. The van der Waals surface area contributed by atoms with E-state index in [0.717, 1.165) is 51.7 Å². The fourth-order valence-corrected chi connectivity index (χ4v) is 6.29. The van der Waals surface area contributed by atoms with Gasteiger partial charge in [-0.15, -0.1) is 0 Å². The highest BCUT2D eigenvalue weighted by Crippen LogP contribution is 2.38. The third-order valence-electron chi connectivity index (χ3n) is 7.83. The van der Waals surface area contributed by atoms with Gasteiger partial charge in [0.05, 0.1) is 6.42 Å². The first-order valence-electron chi connectivity index (χ1n) is 12.3. The predicted molar refractivity (Wildman–Crippen MR) is 121 cm³/mol. The molecule has 7 nitrogen and oxygen atoms in total. The quantitative estimate of drug-likeness (QED) is 0.759. The second kappa shape index (κ2) is 9.31.